The SMILES string of the molecule is COc1ccc2cc(CN(CCC[NH+](C)C)C(=S)NCC(C)C)c(=O)[nH]c2c1. The first-order chi connectivity index (χ1) is 13.3. The van der Waals surface area contributed by atoms with E-state index in [0.29, 0.717) is 23.1 Å². The van der Waals surface area contributed by atoms with Gasteiger partial charge < -0.3 is 24.8 Å². The summed E-state index contributed by atoms with van der Waals surface area (Å²) in [5, 5.41) is 5.02. The number of quaternary nitrogens is 1. The van der Waals surface area contributed by atoms with Crippen LogP contribution in [0.25, 0.3) is 10.9 Å². The molecule has 0 bridgehead atoms. The minimum atomic E-state index is -0.0874. The lowest BCUT2D eigenvalue weighted by Crippen LogP contribution is -3.05. The van der Waals surface area contributed by atoms with E-state index in [1.165, 1.54) is 4.90 Å². The zero-order chi connectivity index (χ0) is 20.7. The first-order valence-corrected chi connectivity index (χ1v) is 10.2. The molecule has 0 fully saturated rings. The molecule has 0 amide bonds. The van der Waals surface area contributed by atoms with Gasteiger partial charge in [0.2, 0.25) is 0 Å². The number of pyridine rings is 1. The molecule has 1 aromatic carbocycles. The highest BCUT2D eigenvalue weighted by Crippen LogP contribution is 2.19. The van der Waals surface area contributed by atoms with Crippen LogP contribution < -0.4 is 20.5 Å². The number of nitrogens with zero attached hydrogens (tertiary/aromatic N) is 1. The van der Waals surface area contributed by atoms with E-state index < -0.39 is 0 Å². The summed E-state index contributed by atoms with van der Waals surface area (Å²) in [6.07, 6.45) is 1.01. The van der Waals surface area contributed by atoms with Crippen molar-refractivity contribution in [3.8, 4) is 5.75 Å². The van der Waals surface area contributed by atoms with Crippen LogP contribution >= 0.6 is 12.2 Å². The molecule has 2 rings (SSSR count). The van der Waals surface area contributed by atoms with Gasteiger partial charge in [0.1, 0.15) is 5.75 Å². The fraction of sp³-hybridized carbons (Fsp3) is 0.524. The molecule has 0 aliphatic rings. The van der Waals surface area contributed by atoms with Gasteiger partial charge in [-0.1, -0.05) is 13.8 Å². The summed E-state index contributed by atoms with van der Waals surface area (Å²) >= 11 is 5.62. The topological polar surface area (TPSA) is 61.8 Å². The normalized spacial score (nSPS) is 11.2. The number of hydrogen-bond acceptors (Lipinski definition) is 3. The van der Waals surface area contributed by atoms with Crippen molar-refractivity contribution in [2.45, 2.75) is 26.8 Å². The Labute approximate surface area is 172 Å². The Balaban J connectivity index is 2.22. The van der Waals surface area contributed by atoms with Crippen molar-refractivity contribution >= 4 is 28.2 Å². The summed E-state index contributed by atoms with van der Waals surface area (Å²) < 4.78 is 5.24. The zero-order valence-corrected chi connectivity index (χ0v) is 18.4. The lowest BCUT2D eigenvalue weighted by atomic mass is 10.1. The molecule has 6 nitrogen and oxygen atoms in total. The van der Waals surface area contributed by atoms with Gasteiger partial charge in [-0.25, -0.2) is 0 Å². The van der Waals surface area contributed by atoms with Crippen LogP contribution in [-0.4, -0.2) is 55.8 Å². The first kappa shape index (κ1) is 22.2. The van der Waals surface area contributed by atoms with Gasteiger partial charge in [-0.2, -0.15) is 0 Å². The lowest BCUT2D eigenvalue weighted by molar-refractivity contribution is -0.858. The molecule has 0 spiro atoms. The molecular weight excluding hydrogens is 372 g/mol. The number of H-pyrrole nitrogens is 1. The van der Waals surface area contributed by atoms with Crippen LogP contribution in [0.2, 0.25) is 0 Å². The quantitative estimate of drug-likeness (QED) is 0.551. The fourth-order valence-corrected chi connectivity index (χ4v) is 3.19. The Kier molecular flexibility index (Phi) is 8.26. The Morgan fingerprint density at radius 3 is 2.71 bits per heavy atom. The molecular formula is C21H33N4O2S+. The third-order valence-electron chi connectivity index (χ3n) is 4.54. The standard InChI is InChI=1S/C21H32N4O2S/c1-15(2)13-22-21(28)25(10-6-9-24(3)4)14-17-11-16-7-8-18(27-5)12-19(16)23-20(17)26/h7-8,11-12,15H,6,9-10,13-14H2,1-5H3,(H,22,28)(H,23,26)/p+1. The maximum absolute atomic E-state index is 12.6. The van der Waals surface area contributed by atoms with E-state index in [1.807, 2.05) is 24.3 Å². The van der Waals surface area contributed by atoms with E-state index in [4.69, 9.17) is 17.0 Å². The van der Waals surface area contributed by atoms with E-state index in [9.17, 15) is 4.79 Å². The van der Waals surface area contributed by atoms with Crippen molar-refractivity contribution in [2.24, 2.45) is 5.92 Å². The van der Waals surface area contributed by atoms with Crippen molar-refractivity contribution in [1.82, 2.24) is 15.2 Å². The number of aromatic nitrogens is 1. The molecule has 3 N–H and O–H groups in total. The summed E-state index contributed by atoms with van der Waals surface area (Å²) in [6.45, 7) is 7.48. The van der Waals surface area contributed by atoms with Crippen molar-refractivity contribution < 1.29 is 9.64 Å². The van der Waals surface area contributed by atoms with E-state index in [0.717, 1.165) is 42.7 Å². The van der Waals surface area contributed by atoms with Gasteiger partial charge in [-0.15, -0.1) is 0 Å². The number of fused-ring (bicyclic) bond motifs is 1. The van der Waals surface area contributed by atoms with Gasteiger partial charge in [0.25, 0.3) is 5.56 Å². The number of methoxy groups -OCH3 is 1. The molecule has 0 saturated carbocycles. The molecule has 2 aromatic rings. The predicted octanol–water partition coefficient (Wildman–Crippen LogP) is 1.40. The van der Waals surface area contributed by atoms with Crippen LogP contribution in [0.5, 0.6) is 5.75 Å². The van der Waals surface area contributed by atoms with Gasteiger partial charge >= 0.3 is 0 Å². The Morgan fingerprint density at radius 1 is 1.32 bits per heavy atom. The van der Waals surface area contributed by atoms with Crippen LogP contribution in [0.15, 0.2) is 29.1 Å². The second-order valence-electron chi connectivity index (χ2n) is 7.89. The summed E-state index contributed by atoms with van der Waals surface area (Å²) in [7, 11) is 5.90. The molecule has 0 atom stereocenters. The zero-order valence-electron chi connectivity index (χ0n) is 17.6. The molecule has 0 aliphatic heterocycles. The molecule has 0 aliphatic carbocycles. The van der Waals surface area contributed by atoms with Gasteiger partial charge in [-0.05, 0) is 41.7 Å². The average molecular weight is 406 g/mol. The second kappa shape index (κ2) is 10.4. The molecule has 28 heavy (non-hydrogen) atoms. The highest BCUT2D eigenvalue weighted by Gasteiger charge is 2.14. The average Bonchev–Trinajstić information content (AvgIpc) is 2.64. The number of aromatic amines is 1. The molecule has 7 heteroatoms. The number of nitrogens with one attached hydrogen (secondary N) is 3. The maximum Gasteiger partial charge on any atom is 0.253 e. The van der Waals surface area contributed by atoms with Crippen molar-refractivity contribution in [3.05, 3.63) is 40.2 Å². The monoisotopic (exact) mass is 405 g/mol. The highest BCUT2D eigenvalue weighted by atomic mass is 32.1. The van der Waals surface area contributed by atoms with Gasteiger partial charge in [0, 0.05) is 31.1 Å². The third kappa shape index (κ3) is 6.49. The highest BCUT2D eigenvalue weighted by molar-refractivity contribution is 7.80. The molecule has 0 radical (unpaired) electrons. The molecule has 1 aromatic heterocycles. The third-order valence-corrected chi connectivity index (χ3v) is 4.95. The lowest BCUT2D eigenvalue weighted by Gasteiger charge is -2.26. The summed E-state index contributed by atoms with van der Waals surface area (Å²) in [5.41, 5.74) is 1.40. The maximum atomic E-state index is 12.6. The van der Waals surface area contributed by atoms with Crippen molar-refractivity contribution in [2.75, 3.05) is 40.8 Å². The smallest absolute Gasteiger partial charge is 0.253 e. The van der Waals surface area contributed by atoms with E-state index in [-0.39, 0.29) is 5.56 Å². The van der Waals surface area contributed by atoms with Crippen molar-refractivity contribution in [1.29, 1.82) is 0 Å². The fourth-order valence-electron chi connectivity index (χ4n) is 2.95. The van der Waals surface area contributed by atoms with Crippen LogP contribution in [0.3, 0.4) is 0 Å². The number of hydrogen-bond donors (Lipinski definition) is 3. The largest absolute Gasteiger partial charge is 0.497 e. The molecule has 0 unspecified atom stereocenters. The van der Waals surface area contributed by atoms with Gasteiger partial charge in [-0.3, -0.25) is 4.79 Å². The Bertz CT molecular complexity index is 848. The number of ether oxygens (including phenoxy) is 1. The minimum absolute atomic E-state index is 0.0874. The van der Waals surface area contributed by atoms with E-state index in [1.54, 1.807) is 7.11 Å². The summed E-state index contributed by atoms with van der Waals surface area (Å²) in [4.78, 5) is 19.1. The molecule has 1 heterocycles. The Hall–Kier alpha value is -2.12. The summed E-state index contributed by atoms with van der Waals surface area (Å²) in [6, 6.07) is 7.65. The van der Waals surface area contributed by atoms with Crippen LogP contribution in [-0.2, 0) is 6.54 Å². The summed E-state index contributed by atoms with van der Waals surface area (Å²) in [5.74, 6) is 1.23. The molecule has 154 valence electrons. The second-order valence-corrected chi connectivity index (χ2v) is 8.28. The number of thiocarbonyl (C=S) groups is 1. The predicted molar refractivity (Wildman–Crippen MR) is 119 cm³/mol. The van der Waals surface area contributed by atoms with Crippen LogP contribution in [0.1, 0.15) is 25.8 Å². The minimum Gasteiger partial charge on any atom is -0.497 e. The van der Waals surface area contributed by atoms with E-state index >= 15 is 0 Å². The first-order valence-electron chi connectivity index (χ1n) is 9.82. The number of rotatable bonds is 9. The Morgan fingerprint density at radius 2 is 2.07 bits per heavy atom. The molecule has 0 saturated heterocycles. The number of benzene rings is 1. The van der Waals surface area contributed by atoms with Crippen LogP contribution in [0, 0.1) is 5.92 Å². The van der Waals surface area contributed by atoms with E-state index in [2.05, 4.69) is 43.1 Å². The van der Waals surface area contributed by atoms with Gasteiger partial charge in [0.15, 0.2) is 5.11 Å². The van der Waals surface area contributed by atoms with Gasteiger partial charge in [0.05, 0.1) is 39.8 Å². The van der Waals surface area contributed by atoms with Crippen LogP contribution in [0.4, 0.5) is 0 Å². The van der Waals surface area contributed by atoms with Crippen molar-refractivity contribution in [3.63, 3.8) is 0 Å².